The Morgan fingerprint density at radius 3 is 2.35 bits per heavy atom. The first kappa shape index (κ1) is 14.5. The number of hydrogen-bond donors (Lipinski definition) is 2. The van der Waals surface area contributed by atoms with E-state index in [9.17, 15) is 4.79 Å². The Balaban J connectivity index is 1.98. The number of amides is 1. The second kappa shape index (κ2) is 6.50. The van der Waals surface area contributed by atoms with E-state index >= 15 is 0 Å². The summed E-state index contributed by atoms with van der Waals surface area (Å²) in [6.45, 7) is -0.138. The van der Waals surface area contributed by atoms with Crippen molar-refractivity contribution in [3.05, 3.63) is 52.5 Å². The van der Waals surface area contributed by atoms with Crippen LogP contribution >= 0.6 is 23.2 Å². The van der Waals surface area contributed by atoms with Crippen LogP contribution in [-0.4, -0.2) is 12.5 Å². The van der Waals surface area contributed by atoms with Gasteiger partial charge in [-0.1, -0.05) is 41.4 Å². The largest absolute Gasteiger partial charge is 0.484 e. The fourth-order valence-corrected chi connectivity index (χ4v) is 2.15. The third-order valence-corrected chi connectivity index (χ3v) is 3.04. The van der Waals surface area contributed by atoms with Crippen molar-refractivity contribution in [3.63, 3.8) is 0 Å². The van der Waals surface area contributed by atoms with E-state index < -0.39 is 0 Å². The molecule has 0 aliphatic rings. The fourth-order valence-electron chi connectivity index (χ4n) is 1.55. The molecule has 6 heteroatoms. The van der Waals surface area contributed by atoms with Gasteiger partial charge in [0.1, 0.15) is 5.75 Å². The van der Waals surface area contributed by atoms with Gasteiger partial charge in [-0.15, -0.1) is 0 Å². The average Bonchev–Trinajstić information content (AvgIpc) is 2.42. The molecular formula is C14H12Cl2N2O2. The van der Waals surface area contributed by atoms with Gasteiger partial charge < -0.3 is 15.8 Å². The minimum atomic E-state index is -0.359. The van der Waals surface area contributed by atoms with Crippen molar-refractivity contribution in [1.82, 2.24) is 0 Å². The highest BCUT2D eigenvalue weighted by Crippen LogP contribution is 2.32. The van der Waals surface area contributed by atoms with Crippen LogP contribution in [0.4, 0.5) is 11.4 Å². The molecule has 0 aromatic heterocycles. The maximum atomic E-state index is 11.8. The molecule has 4 nitrogen and oxygen atoms in total. The molecule has 0 radical (unpaired) electrons. The molecule has 2 aromatic rings. The van der Waals surface area contributed by atoms with E-state index in [1.54, 1.807) is 12.1 Å². The number of halogens is 2. The summed E-state index contributed by atoms with van der Waals surface area (Å²) < 4.78 is 5.32. The monoisotopic (exact) mass is 310 g/mol. The maximum absolute atomic E-state index is 11.8. The number of benzene rings is 2. The normalized spacial score (nSPS) is 10.1. The Morgan fingerprint density at radius 1 is 1.15 bits per heavy atom. The van der Waals surface area contributed by atoms with Gasteiger partial charge in [0.25, 0.3) is 5.91 Å². The van der Waals surface area contributed by atoms with Gasteiger partial charge in [-0.25, -0.2) is 0 Å². The highest BCUT2D eigenvalue weighted by molar-refractivity contribution is 6.40. The molecule has 0 aliphatic carbocycles. The van der Waals surface area contributed by atoms with Crippen LogP contribution in [0.1, 0.15) is 0 Å². The predicted molar refractivity (Wildman–Crippen MR) is 81.4 cm³/mol. The highest BCUT2D eigenvalue weighted by Gasteiger charge is 2.11. The zero-order valence-corrected chi connectivity index (χ0v) is 11.9. The Morgan fingerprint density at radius 2 is 1.75 bits per heavy atom. The van der Waals surface area contributed by atoms with Crippen LogP contribution < -0.4 is 15.8 Å². The lowest BCUT2D eigenvalue weighted by atomic mass is 10.3. The van der Waals surface area contributed by atoms with Crippen LogP contribution in [0.25, 0.3) is 0 Å². The van der Waals surface area contributed by atoms with Gasteiger partial charge in [0.15, 0.2) is 6.61 Å². The second-order valence-corrected chi connectivity index (χ2v) is 4.82. The van der Waals surface area contributed by atoms with Crippen LogP contribution in [0.5, 0.6) is 5.75 Å². The number of nitrogens with one attached hydrogen (secondary N) is 1. The number of carbonyl (C=O) groups excluding carboxylic acids is 1. The molecule has 0 saturated heterocycles. The van der Waals surface area contributed by atoms with Crippen LogP contribution in [-0.2, 0) is 4.79 Å². The van der Waals surface area contributed by atoms with E-state index in [2.05, 4.69) is 5.32 Å². The minimum absolute atomic E-state index is 0.138. The van der Waals surface area contributed by atoms with Crippen molar-refractivity contribution >= 4 is 40.5 Å². The topological polar surface area (TPSA) is 64.3 Å². The molecule has 0 bridgehead atoms. The molecule has 0 unspecified atom stereocenters. The Kier molecular flexibility index (Phi) is 4.71. The lowest BCUT2D eigenvalue weighted by molar-refractivity contribution is -0.118. The fraction of sp³-hybridized carbons (Fsp3) is 0.0714. The molecule has 0 heterocycles. The molecule has 0 saturated carbocycles. The molecular weight excluding hydrogens is 299 g/mol. The third-order valence-electron chi connectivity index (χ3n) is 2.44. The van der Waals surface area contributed by atoms with Crippen LogP contribution in [0, 0.1) is 0 Å². The molecule has 0 aliphatic heterocycles. The molecule has 2 aromatic carbocycles. The van der Waals surface area contributed by atoms with E-state index in [0.29, 0.717) is 17.1 Å². The Bertz CT molecular complexity index is 595. The molecule has 3 N–H and O–H groups in total. The molecule has 0 fully saturated rings. The zero-order valence-electron chi connectivity index (χ0n) is 10.4. The van der Waals surface area contributed by atoms with Gasteiger partial charge in [-0.2, -0.15) is 0 Å². The molecule has 0 atom stereocenters. The van der Waals surface area contributed by atoms with E-state index in [-0.39, 0.29) is 22.6 Å². The maximum Gasteiger partial charge on any atom is 0.262 e. The first-order valence-corrected chi connectivity index (χ1v) is 6.54. The van der Waals surface area contributed by atoms with Crippen LogP contribution in [0.3, 0.4) is 0 Å². The first-order chi connectivity index (χ1) is 9.56. The van der Waals surface area contributed by atoms with E-state index in [1.807, 2.05) is 18.2 Å². The number of carbonyl (C=O) groups is 1. The number of nitrogen functional groups attached to an aromatic ring is 1. The molecule has 20 heavy (non-hydrogen) atoms. The molecule has 104 valence electrons. The van der Waals surface area contributed by atoms with E-state index in [0.717, 1.165) is 0 Å². The summed E-state index contributed by atoms with van der Waals surface area (Å²) in [5.74, 6) is 0.250. The van der Waals surface area contributed by atoms with Crippen molar-refractivity contribution in [2.75, 3.05) is 17.7 Å². The number of nitrogens with two attached hydrogens (primary N) is 1. The standard InChI is InChI=1S/C14H12Cl2N2O2/c15-11-6-9(17)7-12(16)14(11)18-13(19)8-20-10-4-2-1-3-5-10/h1-7H,8,17H2,(H,18,19). The number of para-hydroxylation sites is 1. The zero-order chi connectivity index (χ0) is 14.5. The molecule has 2 rings (SSSR count). The van der Waals surface area contributed by atoms with Crippen molar-refractivity contribution in [2.24, 2.45) is 0 Å². The van der Waals surface area contributed by atoms with Gasteiger partial charge in [0.05, 0.1) is 15.7 Å². The number of anilines is 2. The third kappa shape index (κ3) is 3.79. The van der Waals surface area contributed by atoms with Crippen molar-refractivity contribution in [1.29, 1.82) is 0 Å². The SMILES string of the molecule is Nc1cc(Cl)c(NC(=O)COc2ccccc2)c(Cl)c1. The summed E-state index contributed by atoms with van der Waals surface area (Å²) in [6, 6.07) is 12.1. The lowest BCUT2D eigenvalue weighted by Crippen LogP contribution is -2.20. The summed E-state index contributed by atoms with van der Waals surface area (Å²) in [7, 11) is 0. The van der Waals surface area contributed by atoms with E-state index in [4.69, 9.17) is 33.7 Å². The smallest absolute Gasteiger partial charge is 0.262 e. The van der Waals surface area contributed by atoms with Gasteiger partial charge in [-0.05, 0) is 24.3 Å². The Hall–Kier alpha value is -1.91. The Labute approximate surface area is 126 Å². The van der Waals surface area contributed by atoms with Gasteiger partial charge in [0.2, 0.25) is 0 Å². The minimum Gasteiger partial charge on any atom is -0.484 e. The molecule has 0 spiro atoms. The van der Waals surface area contributed by atoms with Crippen molar-refractivity contribution in [3.8, 4) is 5.75 Å². The van der Waals surface area contributed by atoms with Crippen molar-refractivity contribution < 1.29 is 9.53 Å². The number of hydrogen-bond acceptors (Lipinski definition) is 3. The van der Waals surface area contributed by atoms with Crippen molar-refractivity contribution in [2.45, 2.75) is 0 Å². The van der Waals surface area contributed by atoms with Crippen LogP contribution in [0.2, 0.25) is 10.0 Å². The van der Waals surface area contributed by atoms with E-state index in [1.165, 1.54) is 12.1 Å². The lowest BCUT2D eigenvalue weighted by Gasteiger charge is -2.11. The summed E-state index contributed by atoms with van der Waals surface area (Å²) in [4.78, 5) is 11.8. The van der Waals surface area contributed by atoms with Gasteiger partial charge >= 0.3 is 0 Å². The number of rotatable bonds is 4. The number of ether oxygens (including phenoxy) is 1. The average molecular weight is 311 g/mol. The van der Waals surface area contributed by atoms with Gasteiger partial charge in [0, 0.05) is 5.69 Å². The first-order valence-electron chi connectivity index (χ1n) is 5.78. The summed E-state index contributed by atoms with van der Waals surface area (Å²) in [5, 5.41) is 3.15. The molecule has 1 amide bonds. The summed E-state index contributed by atoms with van der Waals surface area (Å²) in [5.41, 5.74) is 6.34. The predicted octanol–water partition coefficient (Wildman–Crippen LogP) is 3.59. The van der Waals surface area contributed by atoms with Crippen LogP contribution in [0.15, 0.2) is 42.5 Å². The summed E-state index contributed by atoms with van der Waals surface area (Å²) >= 11 is 12.0. The highest BCUT2D eigenvalue weighted by atomic mass is 35.5. The van der Waals surface area contributed by atoms with Gasteiger partial charge in [-0.3, -0.25) is 4.79 Å². The second-order valence-electron chi connectivity index (χ2n) is 4.01. The summed E-state index contributed by atoms with van der Waals surface area (Å²) in [6.07, 6.45) is 0. The quantitative estimate of drug-likeness (QED) is 0.848.